The third kappa shape index (κ3) is 3.28. The number of nitrogens with one attached hydrogen (secondary N) is 2. The maximum atomic E-state index is 12.4. The Bertz CT molecular complexity index is 792. The van der Waals surface area contributed by atoms with Gasteiger partial charge in [0.05, 0.1) is 11.3 Å². The number of rotatable bonds is 3. The van der Waals surface area contributed by atoms with E-state index in [1.54, 1.807) is 36.4 Å². The number of hydrogen-bond acceptors (Lipinski definition) is 4. The van der Waals surface area contributed by atoms with Crippen LogP contribution >= 0.6 is 11.6 Å². The summed E-state index contributed by atoms with van der Waals surface area (Å²) in [5.41, 5.74) is 1.28. The fraction of sp³-hybridized carbons (Fsp3) is 0.125. The molecule has 2 aromatic rings. The molecule has 1 aliphatic rings. The molecule has 0 aromatic heterocycles. The summed E-state index contributed by atoms with van der Waals surface area (Å²) in [7, 11) is 1.43. The number of ether oxygens (including phenoxy) is 2. The maximum Gasteiger partial charge on any atom is 0.259 e. The average molecular weight is 333 g/mol. The van der Waals surface area contributed by atoms with Gasteiger partial charge < -0.3 is 20.1 Å². The number of carbonyl (C=O) groups excluding carboxylic acids is 2. The second kappa shape index (κ2) is 6.28. The molecule has 2 N–H and O–H groups in total. The Morgan fingerprint density at radius 1 is 1.26 bits per heavy atom. The zero-order chi connectivity index (χ0) is 16.4. The van der Waals surface area contributed by atoms with Crippen LogP contribution < -0.4 is 15.4 Å². The van der Waals surface area contributed by atoms with E-state index < -0.39 is 0 Å². The van der Waals surface area contributed by atoms with Crippen molar-refractivity contribution in [1.82, 2.24) is 0 Å². The second-order valence-corrected chi connectivity index (χ2v) is 5.33. The third-order valence-electron chi connectivity index (χ3n) is 3.19. The zero-order valence-corrected chi connectivity index (χ0v) is 12.9. The van der Waals surface area contributed by atoms with E-state index in [2.05, 4.69) is 10.6 Å². The van der Waals surface area contributed by atoms with Crippen LogP contribution in [-0.2, 0) is 9.53 Å². The summed E-state index contributed by atoms with van der Waals surface area (Å²) in [6.07, 6.45) is 0. The van der Waals surface area contributed by atoms with Gasteiger partial charge in [-0.25, -0.2) is 0 Å². The second-order valence-electron chi connectivity index (χ2n) is 4.89. The van der Waals surface area contributed by atoms with Crippen LogP contribution in [0.3, 0.4) is 0 Å². The van der Waals surface area contributed by atoms with Gasteiger partial charge in [0.1, 0.15) is 12.4 Å². The molecule has 0 radical (unpaired) electrons. The van der Waals surface area contributed by atoms with Crippen LogP contribution in [0.4, 0.5) is 11.4 Å². The molecule has 0 aliphatic carbocycles. The molecule has 2 aromatic carbocycles. The standard InChI is InChI=1S/C16H13ClN2O4/c1-22-8-15(20)18-10-3-5-13-11(7-10)16(21)19-12-6-9(17)2-4-14(12)23-13/h2-7H,8H2,1H3,(H,18,20)(H,19,21). The Morgan fingerprint density at radius 2 is 2.04 bits per heavy atom. The molecule has 0 fully saturated rings. The lowest BCUT2D eigenvalue weighted by molar-refractivity contribution is -0.119. The SMILES string of the molecule is COCC(=O)Nc1ccc2c(c1)C(=O)Nc1cc(Cl)ccc1O2. The quantitative estimate of drug-likeness (QED) is 0.904. The Morgan fingerprint density at radius 3 is 2.83 bits per heavy atom. The number of hydrogen-bond donors (Lipinski definition) is 2. The van der Waals surface area contributed by atoms with Gasteiger partial charge in [0.2, 0.25) is 5.91 Å². The Balaban J connectivity index is 1.92. The normalized spacial score (nSPS) is 12.3. The van der Waals surface area contributed by atoms with Gasteiger partial charge in [-0.3, -0.25) is 9.59 Å². The van der Waals surface area contributed by atoms with Crippen molar-refractivity contribution in [3.05, 3.63) is 47.0 Å². The van der Waals surface area contributed by atoms with Crippen LogP contribution in [0.1, 0.15) is 10.4 Å². The molecule has 0 unspecified atom stereocenters. The van der Waals surface area contributed by atoms with Crippen molar-refractivity contribution in [2.24, 2.45) is 0 Å². The summed E-state index contributed by atoms with van der Waals surface area (Å²) in [6.45, 7) is -0.0658. The number of methoxy groups -OCH3 is 1. The molecule has 2 amide bonds. The van der Waals surface area contributed by atoms with Crippen molar-refractivity contribution in [2.45, 2.75) is 0 Å². The number of anilines is 2. The highest BCUT2D eigenvalue weighted by molar-refractivity contribution is 6.31. The van der Waals surface area contributed by atoms with Crippen molar-refractivity contribution in [3.8, 4) is 11.5 Å². The summed E-state index contributed by atoms with van der Waals surface area (Å²) in [6, 6.07) is 9.80. The fourth-order valence-corrected chi connectivity index (χ4v) is 2.37. The van der Waals surface area contributed by atoms with E-state index in [1.807, 2.05) is 0 Å². The van der Waals surface area contributed by atoms with E-state index in [-0.39, 0.29) is 18.4 Å². The first kappa shape index (κ1) is 15.3. The lowest BCUT2D eigenvalue weighted by Gasteiger charge is -2.09. The van der Waals surface area contributed by atoms with Crippen molar-refractivity contribution in [3.63, 3.8) is 0 Å². The molecule has 6 nitrogen and oxygen atoms in total. The van der Waals surface area contributed by atoms with Crippen LogP contribution in [-0.4, -0.2) is 25.5 Å². The zero-order valence-electron chi connectivity index (χ0n) is 12.2. The van der Waals surface area contributed by atoms with E-state index in [4.69, 9.17) is 21.1 Å². The van der Waals surface area contributed by atoms with Crippen LogP contribution in [0.15, 0.2) is 36.4 Å². The fourth-order valence-electron chi connectivity index (χ4n) is 2.20. The van der Waals surface area contributed by atoms with E-state index in [9.17, 15) is 9.59 Å². The van der Waals surface area contributed by atoms with Crippen molar-refractivity contribution < 1.29 is 19.1 Å². The highest BCUT2D eigenvalue weighted by Crippen LogP contribution is 2.37. The molecule has 1 aliphatic heterocycles. The summed E-state index contributed by atoms with van der Waals surface area (Å²) in [4.78, 5) is 23.9. The maximum absolute atomic E-state index is 12.4. The summed E-state index contributed by atoms with van der Waals surface area (Å²) in [5, 5.41) is 5.87. The molecule has 0 atom stereocenters. The first-order valence-corrected chi connectivity index (χ1v) is 7.16. The highest BCUT2D eigenvalue weighted by atomic mass is 35.5. The lowest BCUT2D eigenvalue weighted by Crippen LogP contribution is -2.18. The molecule has 23 heavy (non-hydrogen) atoms. The van der Waals surface area contributed by atoms with Crippen LogP contribution in [0.25, 0.3) is 0 Å². The number of fused-ring (bicyclic) bond motifs is 2. The first-order chi connectivity index (χ1) is 11.1. The Labute approximate surface area is 137 Å². The lowest BCUT2D eigenvalue weighted by atomic mass is 10.1. The van der Waals surface area contributed by atoms with Gasteiger partial charge in [-0.1, -0.05) is 11.6 Å². The molecule has 7 heteroatoms. The highest BCUT2D eigenvalue weighted by Gasteiger charge is 2.21. The predicted molar refractivity (Wildman–Crippen MR) is 86.4 cm³/mol. The van der Waals surface area contributed by atoms with E-state index in [0.29, 0.717) is 33.5 Å². The number of amides is 2. The van der Waals surface area contributed by atoms with Gasteiger partial charge in [0.25, 0.3) is 5.91 Å². The minimum Gasteiger partial charge on any atom is -0.454 e. The van der Waals surface area contributed by atoms with Crippen molar-refractivity contribution in [1.29, 1.82) is 0 Å². The number of carbonyl (C=O) groups is 2. The molecular formula is C16H13ClN2O4. The van der Waals surface area contributed by atoms with Crippen molar-refractivity contribution >= 4 is 34.8 Å². The molecule has 0 saturated heterocycles. The van der Waals surface area contributed by atoms with E-state index in [0.717, 1.165) is 0 Å². The first-order valence-electron chi connectivity index (χ1n) is 6.78. The van der Waals surface area contributed by atoms with Gasteiger partial charge in [-0.2, -0.15) is 0 Å². The topological polar surface area (TPSA) is 76.7 Å². The van der Waals surface area contributed by atoms with Crippen LogP contribution in [0.2, 0.25) is 5.02 Å². The minimum absolute atomic E-state index is 0.0658. The van der Waals surface area contributed by atoms with Crippen molar-refractivity contribution in [2.75, 3.05) is 24.4 Å². The summed E-state index contributed by atoms with van der Waals surface area (Å²) >= 11 is 5.93. The van der Waals surface area contributed by atoms with Gasteiger partial charge in [-0.15, -0.1) is 0 Å². The molecule has 0 saturated carbocycles. The van der Waals surface area contributed by atoms with E-state index in [1.165, 1.54) is 7.11 Å². The summed E-state index contributed by atoms with van der Waals surface area (Å²) < 4.78 is 10.5. The van der Waals surface area contributed by atoms with Crippen LogP contribution in [0, 0.1) is 0 Å². The number of benzene rings is 2. The average Bonchev–Trinajstić information content (AvgIpc) is 2.63. The van der Waals surface area contributed by atoms with Gasteiger partial charge in [0.15, 0.2) is 5.75 Å². The molecule has 0 spiro atoms. The largest absolute Gasteiger partial charge is 0.454 e. The predicted octanol–water partition coefficient (Wildman–Crippen LogP) is 3.28. The molecular weight excluding hydrogens is 320 g/mol. The monoisotopic (exact) mass is 332 g/mol. The molecule has 118 valence electrons. The molecule has 3 rings (SSSR count). The third-order valence-corrected chi connectivity index (χ3v) is 3.43. The van der Waals surface area contributed by atoms with Gasteiger partial charge in [0, 0.05) is 17.8 Å². The van der Waals surface area contributed by atoms with Gasteiger partial charge >= 0.3 is 0 Å². The smallest absolute Gasteiger partial charge is 0.259 e. The molecule has 0 bridgehead atoms. The van der Waals surface area contributed by atoms with Gasteiger partial charge in [-0.05, 0) is 36.4 Å². The van der Waals surface area contributed by atoms with Crippen LogP contribution in [0.5, 0.6) is 11.5 Å². The van der Waals surface area contributed by atoms with E-state index >= 15 is 0 Å². The minimum atomic E-state index is -0.344. The number of halogens is 1. The Kier molecular flexibility index (Phi) is 4.18. The Hall–Kier alpha value is -2.57. The molecule has 1 heterocycles. The summed E-state index contributed by atoms with van der Waals surface area (Å²) in [5.74, 6) is 0.243.